The van der Waals surface area contributed by atoms with Gasteiger partial charge in [0.1, 0.15) is 0 Å². The van der Waals surface area contributed by atoms with Crippen molar-refractivity contribution in [3.05, 3.63) is 0 Å². The molecule has 2 atom stereocenters. The van der Waals surface area contributed by atoms with E-state index < -0.39 is 0 Å². The Labute approximate surface area is 94.0 Å². The highest BCUT2D eigenvalue weighted by molar-refractivity contribution is 4.78. The van der Waals surface area contributed by atoms with Gasteiger partial charge in [-0.25, -0.2) is 0 Å². The fourth-order valence-corrected chi connectivity index (χ4v) is 2.14. The standard InChI is InChI=1S/C12H26N2O/c1-3-15-9-5-8-13-11(2)10-12-6-4-7-14-12/h11-14H,3-10H2,1-2H3. The number of rotatable bonds is 8. The summed E-state index contributed by atoms with van der Waals surface area (Å²) < 4.78 is 5.30. The topological polar surface area (TPSA) is 33.3 Å². The molecule has 2 N–H and O–H groups in total. The summed E-state index contributed by atoms with van der Waals surface area (Å²) >= 11 is 0. The largest absolute Gasteiger partial charge is 0.382 e. The van der Waals surface area contributed by atoms with Crippen LogP contribution in [0.15, 0.2) is 0 Å². The molecule has 90 valence electrons. The van der Waals surface area contributed by atoms with E-state index in [1.165, 1.54) is 25.8 Å². The number of hydrogen-bond donors (Lipinski definition) is 2. The Morgan fingerprint density at radius 3 is 3.07 bits per heavy atom. The Hall–Kier alpha value is -0.120. The lowest BCUT2D eigenvalue weighted by atomic mass is 10.1. The van der Waals surface area contributed by atoms with Crippen LogP contribution in [-0.2, 0) is 4.74 Å². The molecule has 3 nitrogen and oxygen atoms in total. The van der Waals surface area contributed by atoms with Gasteiger partial charge in [0.05, 0.1) is 0 Å². The average Bonchev–Trinajstić information content (AvgIpc) is 2.70. The van der Waals surface area contributed by atoms with Crippen LogP contribution in [0.5, 0.6) is 0 Å². The molecule has 0 aliphatic carbocycles. The van der Waals surface area contributed by atoms with Gasteiger partial charge in [0.2, 0.25) is 0 Å². The lowest BCUT2D eigenvalue weighted by molar-refractivity contribution is 0.144. The molecule has 0 radical (unpaired) electrons. The summed E-state index contributed by atoms with van der Waals surface area (Å²) in [6.45, 7) is 8.33. The molecule has 0 aromatic heterocycles. The molecule has 0 amide bonds. The van der Waals surface area contributed by atoms with E-state index in [4.69, 9.17) is 4.74 Å². The van der Waals surface area contributed by atoms with Gasteiger partial charge in [-0.2, -0.15) is 0 Å². The molecule has 0 saturated carbocycles. The number of hydrogen-bond acceptors (Lipinski definition) is 3. The van der Waals surface area contributed by atoms with Crippen LogP contribution in [0.25, 0.3) is 0 Å². The highest BCUT2D eigenvalue weighted by Crippen LogP contribution is 2.10. The minimum absolute atomic E-state index is 0.627. The Morgan fingerprint density at radius 2 is 2.40 bits per heavy atom. The molecule has 1 aliphatic heterocycles. The van der Waals surface area contributed by atoms with Crippen molar-refractivity contribution in [3.8, 4) is 0 Å². The predicted molar refractivity (Wildman–Crippen MR) is 64.2 cm³/mol. The molecule has 1 saturated heterocycles. The summed E-state index contributed by atoms with van der Waals surface area (Å²) in [4.78, 5) is 0. The smallest absolute Gasteiger partial charge is 0.0477 e. The van der Waals surface area contributed by atoms with Gasteiger partial charge in [-0.1, -0.05) is 0 Å². The second-order valence-corrected chi connectivity index (χ2v) is 4.43. The van der Waals surface area contributed by atoms with Crippen LogP contribution >= 0.6 is 0 Å². The maximum Gasteiger partial charge on any atom is 0.0477 e. The van der Waals surface area contributed by atoms with E-state index in [2.05, 4.69) is 17.6 Å². The second kappa shape index (κ2) is 8.08. The van der Waals surface area contributed by atoms with Gasteiger partial charge in [0.15, 0.2) is 0 Å². The van der Waals surface area contributed by atoms with Crippen molar-refractivity contribution in [1.29, 1.82) is 0 Å². The number of ether oxygens (including phenoxy) is 1. The molecule has 1 rings (SSSR count). The van der Waals surface area contributed by atoms with Gasteiger partial charge in [-0.3, -0.25) is 0 Å². The van der Waals surface area contributed by atoms with E-state index in [1.54, 1.807) is 0 Å². The molecule has 0 aromatic rings. The SMILES string of the molecule is CCOCCCNC(C)CC1CCCN1. The number of nitrogens with one attached hydrogen (secondary N) is 2. The molecule has 1 heterocycles. The van der Waals surface area contributed by atoms with Crippen LogP contribution in [0, 0.1) is 0 Å². The van der Waals surface area contributed by atoms with Crippen molar-refractivity contribution in [3.63, 3.8) is 0 Å². The maximum atomic E-state index is 5.30. The highest BCUT2D eigenvalue weighted by Gasteiger charge is 2.16. The third-order valence-electron chi connectivity index (χ3n) is 2.96. The van der Waals surface area contributed by atoms with Crippen molar-refractivity contribution >= 4 is 0 Å². The van der Waals surface area contributed by atoms with Crippen molar-refractivity contribution in [2.24, 2.45) is 0 Å². The summed E-state index contributed by atoms with van der Waals surface area (Å²) in [5, 5.41) is 7.08. The van der Waals surface area contributed by atoms with E-state index in [9.17, 15) is 0 Å². The quantitative estimate of drug-likeness (QED) is 0.601. The Balaban J connectivity index is 1.91. The van der Waals surface area contributed by atoms with Gasteiger partial charge in [-0.05, 0) is 52.6 Å². The Kier molecular flexibility index (Phi) is 6.98. The highest BCUT2D eigenvalue weighted by atomic mass is 16.5. The van der Waals surface area contributed by atoms with Crippen molar-refractivity contribution in [2.45, 2.75) is 51.6 Å². The van der Waals surface area contributed by atoms with Crippen molar-refractivity contribution in [2.75, 3.05) is 26.3 Å². The monoisotopic (exact) mass is 214 g/mol. The van der Waals surface area contributed by atoms with Crippen molar-refractivity contribution in [1.82, 2.24) is 10.6 Å². The first-order valence-electron chi connectivity index (χ1n) is 6.37. The first-order chi connectivity index (χ1) is 7.33. The van der Waals surface area contributed by atoms with E-state index in [0.717, 1.165) is 32.2 Å². The molecule has 1 aliphatic rings. The molecule has 0 spiro atoms. The summed E-state index contributed by atoms with van der Waals surface area (Å²) in [6.07, 6.45) is 5.08. The molecular formula is C12H26N2O. The molecule has 0 aromatic carbocycles. The molecule has 2 unspecified atom stereocenters. The van der Waals surface area contributed by atoms with Gasteiger partial charge >= 0.3 is 0 Å². The lowest BCUT2D eigenvalue weighted by Crippen LogP contribution is -2.34. The minimum Gasteiger partial charge on any atom is -0.382 e. The van der Waals surface area contributed by atoms with Gasteiger partial charge in [0.25, 0.3) is 0 Å². The lowest BCUT2D eigenvalue weighted by Gasteiger charge is -2.18. The van der Waals surface area contributed by atoms with E-state index in [1.807, 2.05) is 6.92 Å². The van der Waals surface area contributed by atoms with Gasteiger partial charge < -0.3 is 15.4 Å². The fourth-order valence-electron chi connectivity index (χ4n) is 2.14. The molecular weight excluding hydrogens is 188 g/mol. The third kappa shape index (κ3) is 6.13. The fraction of sp³-hybridized carbons (Fsp3) is 1.00. The van der Waals surface area contributed by atoms with Crippen LogP contribution < -0.4 is 10.6 Å². The Morgan fingerprint density at radius 1 is 1.53 bits per heavy atom. The first-order valence-corrected chi connectivity index (χ1v) is 6.37. The van der Waals surface area contributed by atoms with Crippen LogP contribution in [0.1, 0.15) is 39.5 Å². The molecule has 0 bridgehead atoms. The Bertz CT molecular complexity index is 147. The van der Waals surface area contributed by atoms with Crippen LogP contribution in [0.4, 0.5) is 0 Å². The third-order valence-corrected chi connectivity index (χ3v) is 2.96. The normalized spacial score (nSPS) is 23.2. The average molecular weight is 214 g/mol. The summed E-state index contributed by atoms with van der Waals surface area (Å²) in [6, 6.07) is 1.38. The summed E-state index contributed by atoms with van der Waals surface area (Å²) in [7, 11) is 0. The van der Waals surface area contributed by atoms with E-state index >= 15 is 0 Å². The molecule has 15 heavy (non-hydrogen) atoms. The zero-order chi connectivity index (χ0) is 10.9. The van der Waals surface area contributed by atoms with Crippen molar-refractivity contribution < 1.29 is 4.74 Å². The van der Waals surface area contributed by atoms with E-state index in [0.29, 0.717) is 6.04 Å². The van der Waals surface area contributed by atoms with Crippen LogP contribution in [0.2, 0.25) is 0 Å². The minimum atomic E-state index is 0.627. The van der Waals surface area contributed by atoms with Crippen LogP contribution in [-0.4, -0.2) is 38.4 Å². The maximum absolute atomic E-state index is 5.30. The van der Waals surface area contributed by atoms with E-state index in [-0.39, 0.29) is 0 Å². The van der Waals surface area contributed by atoms with Gasteiger partial charge in [-0.15, -0.1) is 0 Å². The zero-order valence-corrected chi connectivity index (χ0v) is 10.2. The second-order valence-electron chi connectivity index (χ2n) is 4.43. The van der Waals surface area contributed by atoms with Gasteiger partial charge in [0, 0.05) is 25.3 Å². The predicted octanol–water partition coefficient (Wildman–Crippen LogP) is 1.53. The van der Waals surface area contributed by atoms with Crippen LogP contribution in [0.3, 0.4) is 0 Å². The zero-order valence-electron chi connectivity index (χ0n) is 10.2. The first kappa shape index (κ1) is 12.9. The molecule has 3 heteroatoms. The summed E-state index contributed by atoms with van der Waals surface area (Å²) in [5.41, 5.74) is 0. The molecule has 1 fully saturated rings. The summed E-state index contributed by atoms with van der Waals surface area (Å²) in [5.74, 6) is 0.